The third kappa shape index (κ3) is 4.60. The van der Waals surface area contributed by atoms with Crippen molar-refractivity contribution in [3.63, 3.8) is 0 Å². The minimum Gasteiger partial charge on any atom is -0.336 e. The number of hydrogen-bond acceptors (Lipinski definition) is 5. The summed E-state index contributed by atoms with van der Waals surface area (Å²) in [4.78, 5) is 35.0. The summed E-state index contributed by atoms with van der Waals surface area (Å²) in [7, 11) is 0. The van der Waals surface area contributed by atoms with Crippen LogP contribution in [-0.4, -0.2) is 57.3 Å². The maximum Gasteiger partial charge on any atom is 0.265 e. The number of aryl methyl sites for hydroxylation is 1. The number of benzene rings is 2. The van der Waals surface area contributed by atoms with Gasteiger partial charge in [-0.2, -0.15) is 0 Å². The van der Waals surface area contributed by atoms with E-state index in [1.165, 1.54) is 11.3 Å². The van der Waals surface area contributed by atoms with E-state index >= 15 is 0 Å². The molecule has 4 aromatic rings. The Morgan fingerprint density at radius 2 is 1.79 bits per heavy atom. The van der Waals surface area contributed by atoms with Crippen molar-refractivity contribution >= 4 is 39.9 Å². The summed E-state index contributed by atoms with van der Waals surface area (Å²) in [6.45, 7) is 6.71. The third-order valence-corrected chi connectivity index (χ3v) is 7.06. The van der Waals surface area contributed by atoms with Crippen LogP contribution in [0.4, 0.5) is 5.69 Å². The van der Waals surface area contributed by atoms with Gasteiger partial charge in [-0.25, -0.2) is 4.98 Å². The Morgan fingerprint density at radius 1 is 1.00 bits per heavy atom. The van der Waals surface area contributed by atoms with Gasteiger partial charge in [-0.05, 0) is 48.7 Å². The number of fused-ring (bicyclic) bond motifs is 1. The normalized spacial score (nSPS) is 14.4. The highest BCUT2D eigenvalue weighted by Gasteiger charge is 2.23. The Morgan fingerprint density at radius 3 is 2.50 bits per heavy atom. The Hall–Kier alpha value is -3.49. The SMILES string of the molecule is CCn1c(CN2CCN(C(=O)c3ccccc3)CC2)nc2cc(NC(=O)c3cccs3)ccc21. The molecule has 0 unspecified atom stereocenters. The number of amides is 2. The van der Waals surface area contributed by atoms with Crippen LogP contribution in [0, 0.1) is 0 Å². The second kappa shape index (κ2) is 9.79. The van der Waals surface area contributed by atoms with E-state index in [1.807, 2.05) is 70.9 Å². The molecule has 1 N–H and O–H groups in total. The van der Waals surface area contributed by atoms with Gasteiger partial charge in [-0.15, -0.1) is 11.3 Å². The minimum absolute atomic E-state index is 0.0955. The first-order valence-electron chi connectivity index (χ1n) is 11.5. The van der Waals surface area contributed by atoms with E-state index in [0.717, 1.165) is 54.3 Å². The average molecular weight is 474 g/mol. The molecule has 3 heterocycles. The maximum absolute atomic E-state index is 12.7. The molecule has 0 atom stereocenters. The lowest BCUT2D eigenvalue weighted by molar-refractivity contribution is 0.0624. The van der Waals surface area contributed by atoms with Gasteiger partial charge in [0.25, 0.3) is 11.8 Å². The van der Waals surface area contributed by atoms with Gasteiger partial charge in [0, 0.05) is 44.0 Å². The average Bonchev–Trinajstić information content (AvgIpc) is 3.52. The molecule has 2 aromatic carbocycles. The fourth-order valence-electron chi connectivity index (χ4n) is 4.40. The topological polar surface area (TPSA) is 70.5 Å². The molecule has 2 aromatic heterocycles. The van der Waals surface area contributed by atoms with Gasteiger partial charge in [0.05, 0.1) is 22.5 Å². The number of aromatic nitrogens is 2. The van der Waals surface area contributed by atoms with Crippen LogP contribution in [0.3, 0.4) is 0 Å². The van der Waals surface area contributed by atoms with Crippen molar-refractivity contribution in [3.8, 4) is 0 Å². The van der Waals surface area contributed by atoms with Crippen LogP contribution >= 0.6 is 11.3 Å². The van der Waals surface area contributed by atoms with Crippen LogP contribution in [0.25, 0.3) is 11.0 Å². The number of piperazine rings is 1. The first-order chi connectivity index (χ1) is 16.6. The van der Waals surface area contributed by atoms with Gasteiger partial charge < -0.3 is 14.8 Å². The molecule has 1 saturated heterocycles. The fraction of sp³-hybridized carbons (Fsp3) is 0.269. The number of thiophene rings is 1. The molecular weight excluding hydrogens is 446 g/mol. The number of imidazole rings is 1. The number of carbonyl (C=O) groups is 2. The highest BCUT2D eigenvalue weighted by molar-refractivity contribution is 7.12. The molecule has 0 aliphatic carbocycles. The lowest BCUT2D eigenvalue weighted by Gasteiger charge is -2.34. The number of carbonyl (C=O) groups excluding carboxylic acids is 2. The highest BCUT2D eigenvalue weighted by Crippen LogP contribution is 2.23. The first-order valence-corrected chi connectivity index (χ1v) is 12.4. The van der Waals surface area contributed by atoms with Gasteiger partial charge in [0.15, 0.2) is 0 Å². The Labute approximate surface area is 202 Å². The summed E-state index contributed by atoms with van der Waals surface area (Å²) < 4.78 is 2.22. The Kier molecular flexibility index (Phi) is 6.42. The molecule has 174 valence electrons. The standard InChI is InChI=1S/C26H27N5O2S/c1-2-31-22-11-10-20(27-25(32)23-9-6-16-34-23)17-21(22)28-24(31)18-29-12-14-30(15-13-29)26(33)19-7-4-3-5-8-19/h3-11,16-17H,2,12-15,18H2,1H3,(H,27,32). The molecule has 0 radical (unpaired) electrons. The summed E-state index contributed by atoms with van der Waals surface area (Å²) in [5.74, 6) is 0.993. The number of nitrogens with zero attached hydrogens (tertiary/aromatic N) is 4. The predicted octanol–water partition coefficient (Wildman–Crippen LogP) is 4.33. The molecule has 0 saturated carbocycles. The third-order valence-electron chi connectivity index (χ3n) is 6.19. The summed E-state index contributed by atoms with van der Waals surface area (Å²) in [5.41, 5.74) is 3.42. The summed E-state index contributed by atoms with van der Waals surface area (Å²) in [5, 5.41) is 4.86. The molecule has 0 bridgehead atoms. The smallest absolute Gasteiger partial charge is 0.265 e. The van der Waals surface area contributed by atoms with Gasteiger partial charge >= 0.3 is 0 Å². The van der Waals surface area contributed by atoms with Crippen molar-refractivity contribution in [3.05, 3.63) is 82.3 Å². The minimum atomic E-state index is -0.104. The van der Waals surface area contributed by atoms with Gasteiger partial charge in [-0.1, -0.05) is 24.3 Å². The van der Waals surface area contributed by atoms with Crippen molar-refractivity contribution in [2.24, 2.45) is 0 Å². The predicted molar refractivity (Wildman–Crippen MR) is 135 cm³/mol. The van der Waals surface area contributed by atoms with E-state index in [0.29, 0.717) is 18.0 Å². The summed E-state index contributed by atoms with van der Waals surface area (Å²) >= 11 is 1.42. The second-order valence-corrected chi connectivity index (χ2v) is 9.29. The Bertz CT molecular complexity index is 1290. The van der Waals surface area contributed by atoms with Crippen molar-refractivity contribution in [1.29, 1.82) is 0 Å². The number of nitrogens with one attached hydrogen (secondary N) is 1. The van der Waals surface area contributed by atoms with Crippen LogP contribution < -0.4 is 5.32 Å². The molecule has 34 heavy (non-hydrogen) atoms. The molecule has 0 spiro atoms. The van der Waals surface area contributed by atoms with E-state index in [2.05, 4.69) is 21.7 Å². The van der Waals surface area contributed by atoms with Gasteiger partial charge in [0.1, 0.15) is 5.82 Å². The number of anilines is 1. The van der Waals surface area contributed by atoms with Crippen LogP contribution in [0.15, 0.2) is 66.0 Å². The van der Waals surface area contributed by atoms with Gasteiger partial charge in [-0.3, -0.25) is 14.5 Å². The zero-order valence-electron chi connectivity index (χ0n) is 19.1. The molecule has 2 amide bonds. The summed E-state index contributed by atoms with van der Waals surface area (Å²) in [6, 6.07) is 19.0. The van der Waals surface area contributed by atoms with Crippen molar-refractivity contribution < 1.29 is 9.59 Å². The zero-order chi connectivity index (χ0) is 23.5. The van der Waals surface area contributed by atoms with E-state index < -0.39 is 0 Å². The second-order valence-electron chi connectivity index (χ2n) is 8.34. The number of hydrogen-bond donors (Lipinski definition) is 1. The molecule has 8 heteroatoms. The van der Waals surface area contributed by atoms with Crippen LogP contribution in [0.5, 0.6) is 0 Å². The van der Waals surface area contributed by atoms with Crippen LogP contribution in [-0.2, 0) is 13.1 Å². The molecule has 5 rings (SSSR count). The molecule has 1 aliphatic rings. The van der Waals surface area contributed by atoms with Crippen LogP contribution in [0.1, 0.15) is 32.8 Å². The monoisotopic (exact) mass is 473 g/mol. The van der Waals surface area contributed by atoms with Crippen molar-refractivity contribution in [2.75, 3.05) is 31.5 Å². The van der Waals surface area contributed by atoms with E-state index in [4.69, 9.17) is 4.98 Å². The lowest BCUT2D eigenvalue weighted by Crippen LogP contribution is -2.48. The van der Waals surface area contributed by atoms with Crippen molar-refractivity contribution in [2.45, 2.75) is 20.0 Å². The van der Waals surface area contributed by atoms with E-state index in [-0.39, 0.29) is 11.8 Å². The molecular formula is C26H27N5O2S. The highest BCUT2D eigenvalue weighted by atomic mass is 32.1. The van der Waals surface area contributed by atoms with Gasteiger partial charge in [0.2, 0.25) is 0 Å². The Balaban J connectivity index is 1.26. The maximum atomic E-state index is 12.7. The lowest BCUT2D eigenvalue weighted by atomic mass is 10.2. The first kappa shape index (κ1) is 22.3. The largest absolute Gasteiger partial charge is 0.336 e. The number of rotatable bonds is 6. The quantitative estimate of drug-likeness (QED) is 0.453. The summed E-state index contributed by atoms with van der Waals surface area (Å²) in [6.07, 6.45) is 0. The molecule has 1 fully saturated rings. The van der Waals surface area contributed by atoms with Crippen molar-refractivity contribution in [1.82, 2.24) is 19.4 Å². The zero-order valence-corrected chi connectivity index (χ0v) is 19.9. The molecule has 1 aliphatic heterocycles. The van der Waals surface area contributed by atoms with E-state index in [1.54, 1.807) is 0 Å². The van der Waals surface area contributed by atoms with Crippen LogP contribution in [0.2, 0.25) is 0 Å². The molecule has 7 nitrogen and oxygen atoms in total. The van der Waals surface area contributed by atoms with E-state index in [9.17, 15) is 9.59 Å². The fourth-order valence-corrected chi connectivity index (χ4v) is 5.02.